The Balaban J connectivity index is 2.51. The van der Waals surface area contributed by atoms with Gasteiger partial charge in [0, 0.05) is 12.1 Å². The summed E-state index contributed by atoms with van der Waals surface area (Å²) in [6, 6.07) is 3.51. The van der Waals surface area contributed by atoms with Gasteiger partial charge in [-0.1, -0.05) is 11.8 Å². The second-order valence-electron chi connectivity index (χ2n) is 2.37. The lowest BCUT2D eigenvalue weighted by molar-refractivity contribution is 0.108. The van der Waals surface area contributed by atoms with Gasteiger partial charge < -0.3 is 9.40 Å². The molecule has 0 saturated heterocycles. The highest BCUT2D eigenvalue weighted by Crippen LogP contribution is 2.18. The summed E-state index contributed by atoms with van der Waals surface area (Å²) >= 11 is 1.18. The molecule has 0 unspecified atom stereocenters. The molecule has 0 fully saturated rings. The van der Waals surface area contributed by atoms with E-state index >= 15 is 0 Å². The van der Waals surface area contributed by atoms with E-state index in [9.17, 15) is 4.79 Å². The summed E-state index contributed by atoms with van der Waals surface area (Å²) in [6.07, 6.45) is 3.35. The van der Waals surface area contributed by atoms with Crippen LogP contribution in [0.4, 0.5) is 0 Å². The highest BCUT2D eigenvalue weighted by Gasteiger charge is 2.08. The van der Waals surface area contributed by atoms with Crippen LogP contribution in [0.5, 0.6) is 0 Å². The van der Waals surface area contributed by atoms with Crippen LogP contribution in [0.3, 0.4) is 0 Å². The zero-order valence-corrected chi connectivity index (χ0v) is 7.27. The van der Waals surface area contributed by atoms with Crippen LogP contribution in [0.1, 0.15) is 10.5 Å². The van der Waals surface area contributed by atoms with Crippen LogP contribution in [0.25, 0.3) is 11.1 Å². The number of carbonyl (C=O) groups excluding carboxylic acids is 1. The van der Waals surface area contributed by atoms with Crippen LogP contribution in [0, 0.1) is 0 Å². The van der Waals surface area contributed by atoms with Crippen LogP contribution in [-0.2, 0) is 0 Å². The van der Waals surface area contributed by atoms with Crippen LogP contribution in [0.15, 0.2) is 22.8 Å². The first-order valence-electron chi connectivity index (χ1n) is 3.46. The van der Waals surface area contributed by atoms with Crippen molar-refractivity contribution in [2.24, 2.45) is 0 Å². The average molecular weight is 181 g/mol. The molecule has 62 valence electrons. The van der Waals surface area contributed by atoms with E-state index in [0.717, 1.165) is 11.1 Å². The quantitative estimate of drug-likeness (QED) is 0.734. The predicted molar refractivity (Wildman–Crippen MR) is 48.4 cm³/mol. The maximum absolute atomic E-state index is 11.2. The fourth-order valence-electron chi connectivity index (χ4n) is 1.07. The summed E-state index contributed by atoms with van der Waals surface area (Å²) < 4.78 is 5.10. The lowest BCUT2D eigenvalue weighted by atomic mass is 10.4. The second kappa shape index (κ2) is 2.71. The van der Waals surface area contributed by atoms with Gasteiger partial charge >= 0.3 is 0 Å². The average Bonchev–Trinajstić information content (AvgIpc) is 2.60. The van der Waals surface area contributed by atoms with Gasteiger partial charge in [-0.3, -0.25) is 4.79 Å². The minimum atomic E-state index is 0.0291. The smallest absolute Gasteiger partial charge is 0.235 e. The third kappa shape index (κ3) is 1.04. The van der Waals surface area contributed by atoms with Crippen LogP contribution >= 0.6 is 11.8 Å². The zero-order valence-electron chi connectivity index (χ0n) is 6.46. The standard InChI is InChI=1S/C8H7NO2S/c1-12-8(10)6-4-7-5(9-6)2-3-11-7/h2-4,9H,1H3. The number of thioether (sulfide) groups is 1. The zero-order chi connectivity index (χ0) is 8.55. The Labute approximate surface area is 73.1 Å². The van der Waals surface area contributed by atoms with Gasteiger partial charge in [-0.05, 0) is 6.26 Å². The molecule has 2 aromatic rings. The number of nitrogens with one attached hydrogen (secondary N) is 1. The molecule has 0 aliphatic carbocycles. The van der Waals surface area contributed by atoms with E-state index < -0.39 is 0 Å². The Hall–Kier alpha value is -1.16. The van der Waals surface area contributed by atoms with Crippen molar-refractivity contribution in [1.29, 1.82) is 0 Å². The lowest BCUT2D eigenvalue weighted by Gasteiger charge is -1.88. The highest BCUT2D eigenvalue weighted by atomic mass is 32.2. The number of hydrogen-bond acceptors (Lipinski definition) is 3. The van der Waals surface area contributed by atoms with Gasteiger partial charge in [0.05, 0.1) is 17.5 Å². The van der Waals surface area contributed by atoms with E-state index in [-0.39, 0.29) is 5.12 Å². The monoisotopic (exact) mass is 181 g/mol. The van der Waals surface area contributed by atoms with Crippen LogP contribution in [-0.4, -0.2) is 16.4 Å². The Morgan fingerprint density at radius 3 is 3.17 bits per heavy atom. The number of H-pyrrole nitrogens is 1. The second-order valence-corrected chi connectivity index (χ2v) is 3.15. The molecule has 2 heterocycles. The van der Waals surface area contributed by atoms with Gasteiger partial charge in [-0.2, -0.15) is 0 Å². The van der Waals surface area contributed by atoms with Crippen molar-refractivity contribution in [2.45, 2.75) is 0 Å². The molecule has 0 atom stereocenters. The summed E-state index contributed by atoms with van der Waals surface area (Å²) in [5.74, 6) is 0. The predicted octanol–water partition coefficient (Wildman–Crippen LogP) is 2.26. The highest BCUT2D eigenvalue weighted by molar-refractivity contribution is 8.13. The molecule has 4 heteroatoms. The Morgan fingerprint density at radius 2 is 2.50 bits per heavy atom. The summed E-state index contributed by atoms with van der Waals surface area (Å²) in [4.78, 5) is 14.1. The molecule has 3 nitrogen and oxygen atoms in total. The third-order valence-corrected chi connectivity index (χ3v) is 2.24. The molecule has 0 spiro atoms. The largest absolute Gasteiger partial charge is 0.463 e. The fourth-order valence-corrected chi connectivity index (χ4v) is 1.40. The topological polar surface area (TPSA) is 46.0 Å². The van der Waals surface area contributed by atoms with Crippen molar-refractivity contribution in [2.75, 3.05) is 6.26 Å². The molecule has 2 aromatic heterocycles. The molecule has 1 N–H and O–H groups in total. The molecule has 0 aliphatic heterocycles. The van der Waals surface area contributed by atoms with Crippen molar-refractivity contribution in [3.8, 4) is 0 Å². The van der Waals surface area contributed by atoms with Gasteiger partial charge in [0.15, 0.2) is 5.58 Å². The third-order valence-electron chi connectivity index (χ3n) is 1.65. The number of rotatable bonds is 1. The SMILES string of the molecule is CSC(=O)c1cc2occc2[nH]1. The Bertz CT molecular complexity index is 387. The number of carbonyl (C=O) groups is 1. The first-order chi connectivity index (χ1) is 5.81. The number of hydrogen-bond donors (Lipinski definition) is 1. The molecular weight excluding hydrogens is 174 g/mol. The minimum Gasteiger partial charge on any atom is -0.463 e. The van der Waals surface area contributed by atoms with Gasteiger partial charge in [-0.15, -0.1) is 0 Å². The van der Waals surface area contributed by atoms with E-state index in [1.54, 1.807) is 24.7 Å². The molecule has 0 radical (unpaired) electrons. The van der Waals surface area contributed by atoms with Crippen molar-refractivity contribution < 1.29 is 9.21 Å². The maximum Gasteiger partial charge on any atom is 0.235 e. The number of fused-ring (bicyclic) bond motifs is 1. The van der Waals surface area contributed by atoms with E-state index in [2.05, 4.69) is 4.98 Å². The van der Waals surface area contributed by atoms with Crippen molar-refractivity contribution in [3.63, 3.8) is 0 Å². The van der Waals surface area contributed by atoms with E-state index in [1.165, 1.54) is 11.8 Å². The maximum atomic E-state index is 11.2. The van der Waals surface area contributed by atoms with E-state index in [4.69, 9.17) is 4.42 Å². The summed E-state index contributed by atoms with van der Waals surface area (Å²) in [5, 5.41) is 0.0291. The van der Waals surface area contributed by atoms with Gasteiger partial charge in [0.1, 0.15) is 0 Å². The molecule has 0 amide bonds. The van der Waals surface area contributed by atoms with Crippen molar-refractivity contribution in [3.05, 3.63) is 24.1 Å². The summed E-state index contributed by atoms with van der Waals surface area (Å²) in [7, 11) is 0. The summed E-state index contributed by atoms with van der Waals surface area (Å²) in [5.41, 5.74) is 2.19. The van der Waals surface area contributed by atoms with Crippen molar-refractivity contribution in [1.82, 2.24) is 4.98 Å². The minimum absolute atomic E-state index is 0.0291. The van der Waals surface area contributed by atoms with Gasteiger partial charge in [-0.25, -0.2) is 0 Å². The lowest BCUT2D eigenvalue weighted by Crippen LogP contribution is -1.90. The molecule has 0 bridgehead atoms. The number of aromatic nitrogens is 1. The van der Waals surface area contributed by atoms with Crippen LogP contribution < -0.4 is 0 Å². The van der Waals surface area contributed by atoms with Crippen molar-refractivity contribution >= 4 is 28.0 Å². The fraction of sp³-hybridized carbons (Fsp3) is 0.125. The molecule has 12 heavy (non-hydrogen) atoms. The molecule has 0 aliphatic rings. The van der Waals surface area contributed by atoms with Gasteiger partial charge in [0.2, 0.25) is 5.12 Å². The normalized spacial score (nSPS) is 10.8. The summed E-state index contributed by atoms with van der Waals surface area (Å²) in [6.45, 7) is 0. The number of furan rings is 1. The van der Waals surface area contributed by atoms with E-state index in [0.29, 0.717) is 5.69 Å². The molecule has 0 aromatic carbocycles. The van der Waals surface area contributed by atoms with Gasteiger partial charge in [0.25, 0.3) is 0 Å². The first kappa shape index (κ1) is 7.49. The Kier molecular flexibility index (Phi) is 1.69. The van der Waals surface area contributed by atoms with E-state index in [1.807, 2.05) is 0 Å². The first-order valence-corrected chi connectivity index (χ1v) is 4.68. The number of aromatic amines is 1. The molecule has 2 rings (SSSR count). The molecular formula is C8H7NO2S. The van der Waals surface area contributed by atoms with Crippen LogP contribution in [0.2, 0.25) is 0 Å². The molecule has 0 saturated carbocycles. The Morgan fingerprint density at radius 1 is 1.67 bits per heavy atom.